The molecule has 84 valence electrons. The second-order valence-corrected chi connectivity index (χ2v) is 3.96. The number of nitrogen functional groups attached to an aromatic ring is 1. The van der Waals surface area contributed by atoms with Gasteiger partial charge in [-0.15, -0.1) is 0 Å². The summed E-state index contributed by atoms with van der Waals surface area (Å²) < 4.78 is 5.58. The lowest BCUT2D eigenvalue weighted by Crippen LogP contribution is -1.90. The van der Waals surface area contributed by atoms with Crippen molar-refractivity contribution in [2.45, 2.75) is 0 Å². The van der Waals surface area contributed by atoms with Crippen molar-refractivity contribution in [3.63, 3.8) is 0 Å². The van der Waals surface area contributed by atoms with Crippen LogP contribution in [0.2, 0.25) is 5.02 Å². The van der Waals surface area contributed by atoms with Crippen molar-refractivity contribution in [3.8, 4) is 11.5 Å². The van der Waals surface area contributed by atoms with Crippen molar-refractivity contribution in [2.24, 2.45) is 0 Å². The number of nitrogens with zero attached hydrogens (tertiary/aromatic N) is 2. The van der Waals surface area contributed by atoms with Crippen molar-refractivity contribution < 1.29 is 4.42 Å². The van der Waals surface area contributed by atoms with Crippen LogP contribution in [0.1, 0.15) is 0 Å². The number of oxazole rings is 1. The van der Waals surface area contributed by atoms with Gasteiger partial charge < -0.3 is 10.2 Å². The van der Waals surface area contributed by atoms with E-state index < -0.39 is 0 Å². The second kappa shape index (κ2) is 3.75. The molecule has 5 heteroatoms. The van der Waals surface area contributed by atoms with Crippen molar-refractivity contribution in [1.29, 1.82) is 0 Å². The third-order valence-corrected chi connectivity index (χ3v) is 2.74. The molecule has 0 saturated heterocycles. The van der Waals surface area contributed by atoms with Crippen LogP contribution in [0.25, 0.3) is 22.7 Å². The summed E-state index contributed by atoms with van der Waals surface area (Å²) in [5.74, 6) is 0.391. The highest BCUT2D eigenvalue weighted by Crippen LogP contribution is 2.33. The van der Waals surface area contributed by atoms with Gasteiger partial charge in [-0.2, -0.15) is 4.98 Å². The highest BCUT2D eigenvalue weighted by atomic mass is 35.5. The molecule has 0 saturated carbocycles. The summed E-state index contributed by atoms with van der Waals surface area (Å²) >= 11 is 6.09. The maximum Gasteiger partial charge on any atom is 0.232 e. The zero-order valence-electron chi connectivity index (χ0n) is 8.72. The lowest BCUT2D eigenvalue weighted by molar-refractivity contribution is 0.620. The average molecular weight is 246 g/mol. The van der Waals surface area contributed by atoms with Gasteiger partial charge in [0, 0.05) is 11.9 Å². The van der Waals surface area contributed by atoms with Crippen LogP contribution in [0, 0.1) is 0 Å². The van der Waals surface area contributed by atoms with Crippen LogP contribution in [0.15, 0.2) is 40.9 Å². The first-order valence-corrected chi connectivity index (χ1v) is 5.39. The molecule has 0 aliphatic heterocycles. The highest BCUT2D eigenvalue weighted by molar-refractivity contribution is 6.33. The van der Waals surface area contributed by atoms with Crippen LogP contribution >= 0.6 is 11.6 Å². The molecule has 0 aliphatic rings. The van der Waals surface area contributed by atoms with Gasteiger partial charge in [-0.25, -0.2) is 4.98 Å². The summed E-state index contributed by atoms with van der Waals surface area (Å²) in [6.07, 6.45) is 1.66. The van der Waals surface area contributed by atoms with E-state index in [9.17, 15) is 0 Å². The van der Waals surface area contributed by atoms with Gasteiger partial charge in [-0.05, 0) is 24.3 Å². The number of pyridine rings is 1. The Balaban J connectivity index is 2.27. The number of rotatable bonds is 1. The Bertz CT molecular complexity index is 640. The summed E-state index contributed by atoms with van der Waals surface area (Å²) in [7, 11) is 0. The zero-order chi connectivity index (χ0) is 11.8. The molecule has 0 radical (unpaired) electrons. The lowest BCUT2D eigenvalue weighted by Gasteiger charge is -2.02. The molecule has 0 fully saturated rings. The minimum Gasteiger partial charge on any atom is -0.434 e. The largest absolute Gasteiger partial charge is 0.434 e. The first-order valence-electron chi connectivity index (χ1n) is 5.01. The van der Waals surface area contributed by atoms with Gasteiger partial charge >= 0.3 is 0 Å². The Morgan fingerprint density at radius 1 is 1.18 bits per heavy atom. The Hall–Kier alpha value is -2.07. The van der Waals surface area contributed by atoms with E-state index >= 15 is 0 Å². The van der Waals surface area contributed by atoms with E-state index in [0.29, 0.717) is 33.4 Å². The quantitative estimate of drug-likeness (QED) is 0.669. The summed E-state index contributed by atoms with van der Waals surface area (Å²) in [5.41, 5.74) is 8.16. The molecule has 17 heavy (non-hydrogen) atoms. The van der Waals surface area contributed by atoms with E-state index in [1.165, 1.54) is 0 Å². The number of halogens is 1. The Morgan fingerprint density at radius 3 is 2.82 bits per heavy atom. The number of fused-ring (bicyclic) bond motifs is 1. The van der Waals surface area contributed by atoms with Gasteiger partial charge in [0.2, 0.25) is 5.89 Å². The number of anilines is 1. The van der Waals surface area contributed by atoms with E-state index in [-0.39, 0.29) is 0 Å². The van der Waals surface area contributed by atoms with Crippen LogP contribution in [0.4, 0.5) is 5.69 Å². The van der Waals surface area contributed by atoms with Gasteiger partial charge in [-0.3, -0.25) is 0 Å². The molecule has 2 aromatic heterocycles. The smallest absolute Gasteiger partial charge is 0.232 e. The Kier molecular flexibility index (Phi) is 2.23. The minimum atomic E-state index is 0.391. The molecule has 4 nitrogen and oxygen atoms in total. The Morgan fingerprint density at radius 2 is 2.06 bits per heavy atom. The van der Waals surface area contributed by atoms with Gasteiger partial charge in [0.05, 0.1) is 10.6 Å². The van der Waals surface area contributed by atoms with Crippen molar-refractivity contribution in [3.05, 3.63) is 41.6 Å². The standard InChI is InChI=1S/C12H8ClN3O/c13-7-3-1-4-8(14)10(7)12-16-11-9(17-12)5-2-6-15-11/h1-6H,14H2. The number of benzene rings is 1. The number of nitrogens with two attached hydrogens (primary N) is 1. The molecular formula is C12H8ClN3O. The molecule has 0 spiro atoms. The van der Waals surface area contributed by atoms with Gasteiger partial charge in [0.25, 0.3) is 0 Å². The second-order valence-electron chi connectivity index (χ2n) is 3.55. The highest BCUT2D eigenvalue weighted by Gasteiger charge is 2.14. The van der Waals surface area contributed by atoms with Crippen LogP contribution in [0.3, 0.4) is 0 Å². The molecule has 1 aromatic carbocycles. The Labute approximate surface area is 102 Å². The molecule has 2 N–H and O–H groups in total. The summed E-state index contributed by atoms with van der Waals surface area (Å²) in [6, 6.07) is 8.86. The first-order chi connectivity index (χ1) is 8.25. The molecule has 0 bridgehead atoms. The van der Waals surface area contributed by atoms with Crippen LogP contribution in [-0.2, 0) is 0 Å². The molecule has 0 unspecified atom stereocenters. The predicted octanol–water partition coefficient (Wildman–Crippen LogP) is 3.13. The molecule has 2 heterocycles. The molecule has 3 aromatic rings. The molecule has 0 aliphatic carbocycles. The fourth-order valence-corrected chi connectivity index (χ4v) is 1.91. The topological polar surface area (TPSA) is 64.9 Å². The summed E-state index contributed by atoms with van der Waals surface area (Å²) in [5, 5.41) is 0.511. The molecule has 0 amide bonds. The third kappa shape index (κ3) is 1.62. The van der Waals surface area contributed by atoms with E-state index in [2.05, 4.69) is 9.97 Å². The average Bonchev–Trinajstić information content (AvgIpc) is 2.71. The molecule has 0 atom stereocenters. The third-order valence-electron chi connectivity index (χ3n) is 2.42. The van der Waals surface area contributed by atoms with E-state index in [0.717, 1.165) is 0 Å². The fraction of sp³-hybridized carbons (Fsp3) is 0. The summed E-state index contributed by atoms with van der Waals surface area (Å²) in [4.78, 5) is 8.36. The maximum absolute atomic E-state index is 6.09. The predicted molar refractivity (Wildman–Crippen MR) is 66.7 cm³/mol. The monoisotopic (exact) mass is 245 g/mol. The first kappa shape index (κ1) is 10.1. The summed E-state index contributed by atoms with van der Waals surface area (Å²) in [6.45, 7) is 0. The lowest BCUT2D eigenvalue weighted by atomic mass is 10.2. The number of hydrogen-bond donors (Lipinski definition) is 1. The minimum absolute atomic E-state index is 0.391. The van der Waals surface area contributed by atoms with Gasteiger partial charge in [0.1, 0.15) is 0 Å². The SMILES string of the molecule is Nc1cccc(Cl)c1-c1nc2ncccc2o1. The fourth-order valence-electron chi connectivity index (χ4n) is 1.64. The van der Waals surface area contributed by atoms with Crippen molar-refractivity contribution in [2.75, 3.05) is 5.73 Å². The van der Waals surface area contributed by atoms with Crippen molar-refractivity contribution in [1.82, 2.24) is 9.97 Å². The van der Waals surface area contributed by atoms with Crippen molar-refractivity contribution >= 4 is 28.5 Å². The number of aromatic nitrogens is 2. The van der Waals surface area contributed by atoms with Crippen LogP contribution in [-0.4, -0.2) is 9.97 Å². The van der Waals surface area contributed by atoms with Gasteiger partial charge in [-0.1, -0.05) is 17.7 Å². The van der Waals surface area contributed by atoms with Crippen LogP contribution < -0.4 is 5.73 Å². The van der Waals surface area contributed by atoms with E-state index in [1.807, 2.05) is 0 Å². The molecule has 3 rings (SSSR count). The normalized spacial score (nSPS) is 10.9. The maximum atomic E-state index is 6.09. The van der Waals surface area contributed by atoms with Crippen LogP contribution in [0.5, 0.6) is 0 Å². The van der Waals surface area contributed by atoms with E-state index in [4.69, 9.17) is 21.8 Å². The zero-order valence-corrected chi connectivity index (χ0v) is 9.48. The van der Waals surface area contributed by atoms with Gasteiger partial charge in [0.15, 0.2) is 11.2 Å². The van der Waals surface area contributed by atoms with E-state index in [1.54, 1.807) is 36.5 Å². The molecular weight excluding hydrogens is 238 g/mol. The number of hydrogen-bond acceptors (Lipinski definition) is 4.